The quantitative estimate of drug-likeness (QED) is 0.548. The van der Waals surface area contributed by atoms with E-state index < -0.39 is 0 Å². The summed E-state index contributed by atoms with van der Waals surface area (Å²) in [6, 6.07) is 9.45. The number of amides is 2. The number of aryl methyl sites for hydroxylation is 3. The summed E-state index contributed by atoms with van der Waals surface area (Å²) in [5.74, 6) is 2.98. The third-order valence-electron chi connectivity index (χ3n) is 4.21. The number of nitrogens with zero attached hydrogens (tertiary/aromatic N) is 4. The molecule has 3 N–H and O–H groups in total. The van der Waals surface area contributed by atoms with Crippen LogP contribution in [-0.2, 0) is 6.42 Å². The van der Waals surface area contributed by atoms with Crippen molar-refractivity contribution in [2.75, 3.05) is 23.7 Å². The number of carbonyl (C=O) groups is 1. The normalized spacial score (nSPS) is 10.5. The van der Waals surface area contributed by atoms with Crippen molar-refractivity contribution in [1.29, 1.82) is 0 Å². The van der Waals surface area contributed by atoms with Crippen LogP contribution in [0, 0.1) is 13.8 Å². The standard InChI is InChI=1S/C20H25N7O/c1-4-16-6-5-7-17(12-16)26-20(28)23-9-8-22-18-13-19(25-14(2)24-18)27-11-10-21-15(27)3/h5-7,10-13H,4,8-9H2,1-3H3,(H,22,24,25)(H2,23,26,28). The summed E-state index contributed by atoms with van der Waals surface area (Å²) in [6.07, 6.45) is 4.53. The first-order valence-corrected chi connectivity index (χ1v) is 9.29. The van der Waals surface area contributed by atoms with E-state index in [9.17, 15) is 4.79 Å². The monoisotopic (exact) mass is 379 g/mol. The predicted molar refractivity (Wildman–Crippen MR) is 110 cm³/mol. The molecule has 8 heteroatoms. The number of hydrogen-bond acceptors (Lipinski definition) is 5. The Kier molecular flexibility index (Phi) is 6.21. The lowest BCUT2D eigenvalue weighted by molar-refractivity contribution is 0.252. The third kappa shape index (κ3) is 5.06. The van der Waals surface area contributed by atoms with Gasteiger partial charge in [0.2, 0.25) is 0 Å². The molecule has 0 fully saturated rings. The van der Waals surface area contributed by atoms with Crippen molar-refractivity contribution in [2.45, 2.75) is 27.2 Å². The second kappa shape index (κ2) is 8.98. The van der Waals surface area contributed by atoms with Gasteiger partial charge in [0, 0.05) is 37.2 Å². The molecule has 2 aromatic heterocycles. The molecule has 8 nitrogen and oxygen atoms in total. The Bertz CT molecular complexity index is 951. The molecule has 0 aliphatic heterocycles. The van der Waals surface area contributed by atoms with Gasteiger partial charge in [-0.3, -0.25) is 4.57 Å². The third-order valence-corrected chi connectivity index (χ3v) is 4.21. The number of carbonyl (C=O) groups excluding carboxylic acids is 1. The van der Waals surface area contributed by atoms with Gasteiger partial charge in [0.1, 0.15) is 23.3 Å². The lowest BCUT2D eigenvalue weighted by Gasteiger charge is -2.11. The highest BCUT2D eigenvalue weighted by molar-refractivity contribution is 5.89. The van der Waals surface area contributed by atoms with Crippen LogP contribution in [0.5, 0.6) is 0 Å². The van der Waals surface area contributed by atoms with E-state index >= 15 is 0 Å². The van der Waals surface area contributed by atoms with Crippen LogP contribution in [0.4, 0.5) is 16.3 Å². The van der Waals surface area contributed by atoms with Gasteiger partial charge in [0.05, 0.1) is 0 Å². The first-order valence-electron chi connectivity index (χ1n) is 9.29. The van der Waals surface area contributed by atoms with Gasteiger partial charge in [0.25, 0.3) is 0 Å². The van der Waals surface area contributed by atoms with Gasteiger partial charge in [-0.1, -0.05) is 19.1 Å². The molecule has 0 saturated heterocycles. The SMILES string of the molecule is CCc1cccc(NC(=O)NCCNc2cc(-n3ccnc3C)nc(C)n2)c1. The molecular weight excluding hydrogens is 354 g/mol. The van der Waals surface area contributed by atoms with Crippen LogP contribution >= 0.6 is 0 Å². The number of aromatic nitrogens is 4. The molecule has 0 bridgehead atoms. The Labute approximate surface area is 164 Å². The van der Waals surface area contributed by atoms with Crippen molar-refractivity contribution in [3.05, 3.63) is 59.9 Å². The van der Waals surface area contributed by atoms with Crippen molar-refractivity contribution >= 4 is 17.5 Å². The van der Waals surface area contributed by atoms with Crippen molar-refractivity contribution in [3.8, 4) is 5.82 Å². The van der Waals surface area contributed by atoms with E-state index in [2.05, 4.69) is 37.8 Å². The largest absolute Gasteiger partial charge is 0.368 e. The first-order chi connectivity index (χ1) is 13.5. The van der Waals surface area contributed by atoms with Crippen LogP contribution in [0.3, 0.4) is 0 Å². The summed E-state index contributed by atoms with van der Waals surface area (Å²) < 4.78 is 1.90. The molecule has 2 heterocycles. The second-order valence-corrected chi connectivity index (χ2v) is 6.36. The van der Waals surface area contributed by atoms with Crippen molar-refractivity contribution in [2.24, 2.45) is 0 Å². The summed E-state index contributed by atoms with van der Waals surface area (Å²) in [5.41, 5.74) is 1.97. The lowest BCUT2D eigenvalue weighted by Crippen LogP contribution is -2.32. The molecule has 0 unspecified atom stereocenters. The number of hydrogen-bond donors (Lipinski definition) is 3. The number of nitrogens with one attached hydrogen (secondary N) is 3. The maximum absolute atomic E-state index is 12.0. The van der Waals surface area contributed by atoms with E-state index in [1.807, 2.05) is 54.9 Å². The van der Waals surface area contributed by atoms with E-state index in [1.54, 1.807) is 6.20 Å². The van der Waals surface area contributed by atoms with Gasteiger partial charge in [-0.05, 0) is 38.0 Å². The first kappa shape index (κ1) is 19.3. The molecule has 0 spiro atoms. The zero-order valence-corrected chi connectivity index (χ0v) is 16.4. The fourth-order valence-electron chi connectivity index (χ4n) is 2.80. The minimum absolute atomic E-state index is 0.233. The highest BCUT2D eigenvalue weighted by Gasteiger charge is 2.06. The number of urea groups is 1. The summed E-state index contributed by atoms with van der Waals surface area (Å²) in [6.45, 7) is 6.85. The second-order valence-electron chi connectivity index (χ2n) is 6.36. The fraction of sp³-hybridized carbons (Fsp3) is 0.300. The molecule has 0 saturated carbocycles. The highest BCUT2D eigenvalue weighted by atomic mass is 16.2. The predicted octanol–water partition coefficient (Wildman–Crippen LogP) is 3.08. The van der Waals surface area contributed by atoms with Gasteiger partial charge in [-0.15, -0.1) is 0 Å². The Hall–Kier alpha value is -3.42. The summed E-state index contributed by atoms with van der Waals surface area (Å²) >= 11 is 0. The van der Waals surface area contributed by atoms with Gasteiger partial charge in [0.15, 0.2) is 0 Å². The maximum atomic E-state index is 12.0. The van der Waals surface area contributed by atoms with Crippen molar-refractivity contribution in [3.63, 3.8) is 0 Å². The Morgan fingerprint density at radius 2 is 2.00 bits per heavy atom. The lowest BCUT2D eigenvalue weighted by atomic mass is 10.1. The average molecular weight is 379 g/mol. The molecule has 146 valence electrons. The van der Waals surface area contributed by atoms with Gasteiger partial charge in [-0.2, -0.15) is 0 Å². The highest BCUT2D eigenvalue weighted by Crippen LogP contribution is 2.13. The summed E-state index contributed by atoms with van der Waals surface area (Å²) in [5, 5.41) is 8.90. The molecule has 1 aromatic carbocycles. The van der Waals surface area contributed by atoms with Crippen LogP contribution in [0.15, 0.2) is 42.7 Å². The smallest absolute Gasteiger partial charge is 0.319 e. The van der Waals surface area contributed by atoms with Crippen LogP contribution in [0.2, 0.25) is 0 Å². The van der Waals surface area contributed by atoms with E-state index in [0.717, 1.165) is 23.8 Å². The fourth-order valence-corrected chi connectivity index (χ4v) is 2.80. The molecule has 0 aliphatic rings. The van der Waals surface area contributed by atoms with Crippen LogP contribution in [0.1, 0.15) is 24.1 Å². The minimum Gasteiger partial charge on any atom is -0.368 e. The van der Waals surface area contributed by atoms with Gasteiger partial charge < -0.3 is 16.0 Å². The Morgan fingerprint density at radius 3 is 2.75 bits per heavy atom. The van der Waals surface area contributed by atoms with Gasteiger partial charge >= 0.3 is 6.03 Å². The number of imidazole rings is 1. The van der Waals surface area contributed by atoms with E-state index in [0.29, 0.717) is 24.7 Å². The number of benzene rings is 1. The molecule has 0 atom stereocenters. The minimum atomic E-state index is -0.233. The molecule has 2 amide bonds. The summed E-state index contributed by atoms with van der Waals surface area (Å²) in [7, 11) is 0. The molecular formula is C20H25N7O. The summed E-state index contributed by atoms with van der Waals surface area (Å²) in [4.78, 5) is 25.1. The molecule has 0 aliphatic carbocycles. The van der Waals surface area contributed by atoms with E-state index in [-0.39, 0.29) is 6.03 Å². The Morgan fingerprint density at radius 1 is 1.14 bits per heavy atom. The maximum Gasteiger partial charge on any atom is 0.319 e. The van der Waals surface area contributed by atoms with E-state index in [4.69, 9.17) is 0 Å². The topological polar surface area (TPSA) is 96.8 Å². The van der Waals surface area contributed by atoms with Crippen LogP contribution in [0.25, 0.3) is 5.82 Å². The molecule has 3 aromatic rings. The zero-order chi connectivity index (χ0) is 19.9. The Balaban J connectivity index is 1.50. The van der Waals surface area contributed by atoms with Crippen molar-refractivity contribution < 1.29 is 4.79 Å². The molecule has 0 radical (unpaired) electrons. The van der Waals surface area contributed by atoms with Crippen molar-refractivity contribution in [1.82, 2.24) is 24.8 Å². The molecule has 3 rings (SSSR count). The number of anilines is 2. The molecule has 28 heavy (non-hydrogen) atoms. The van der Waals surface area contributed by atoms with Crippen LogP contribution < -0.4 is 16.0 Å². The average Bonchev–Trinajstić information content (AvgIpc) is 3.11. The number of rotatable bonds is 7. The van der Waals surface area contributed by atoms with E-state index in [1.165, 1.54) is 5.56 Å². The van der Waals surface area contributed by atoms with Gasteiger partial charge in [-0.25, -0.2) is 19.7 Å². The zero-order valence-electron chi connectivity index (χ0n) is 16.4. The van der Waals surface area contributed by atoms with Crippen LogP contribution in [-0.4, -0.2) is 38.6 Å².